The second-order valence-corrected chi connectivity index (χ2v) is 5.86. The van der Waals surface area contributed by atoms with E-state index in [1.807, 2.05) is 6.20 Å². The Hall–Kier alpha value is -1.48. The van der Waals surface area contributed by atoms with Crippen LogP contribution in [0, 0.1) is 11.7 Å². The van der Waals surface area contributed by atoms with E-state index < -0.39 is 0 Å². The maximum atomic E-state index is 13.5. The van der Waals surface area contributed by atoms with E-state index in [4.69, 9.17) is 5.73 Å². The summed E-state index contributed by atoms with van der Waals surface area (Å²) in [5, 5.41) is 0.981. The number of rotatable bonds is 3. The second kappa shape index (κ2) is 5.88. The van der Waals surface area contributed by atoms with Gasteiger partial charge in [0.25, 0.3) is 0 Å². The number of pyridine rings is 1. The van der Waals surface area contributed by atoms with Gasteiger partial charge in [-0.25, -0.2) is 4.39 Å². The molecule has 1 aliphatic carbocycles. The maximum Gasteiger partial charge on any atom is 0.123 e. The molecule has 0 atom stereocenters. The maximum absolute atomic E-state index is 13.5. The molecular formula is C17H21FN2. The van der Waals surface area contributed by atoms with Crippen molar-refractivity contribution in [2.75, 3.05) is 6.54 Å². The second-order valence-electron chi connectivity index (χ2n) is 5.86. The van der Waals surface area contributed by atoms with Crippen molar-refractivity contribution >= 4 is 10.9 Å². The predicted molar refractivity (Wildman–Crippen MR) is 80.1 cm³/mol. The van der Waals surface area contributed by atoms with Gasteiger partial charge in [0, 0.05) is 11.6 Å². The fraction of sp³-hybridized carbons (Fsp3) is 0.471. The zero-order chi connectivity index (χ0) is 13.9. The molecule has 2 aromatic rings. The van der Waals surface area contributed by atoms with Crippen molar-refractivity contribution in [2.24, 2.45) is 11.7 Å². The third-order valence-corrected chi connectivity index (χ3v) is 4.60. The molecule has 0 radical (unpaired) electrons. The van der Waals surface area contributed by atoms with Crippen LogP contribution in [0.4, 0.5) is 4.39 Å². The molecule has 1 aromatic carbocycles. The van der Waals surface area contributed by atoms with Crippen LogP contribution < -0.4 is 5.73 Å². The van der Waals surface area contributed by atoms with Gasteiger partial charge in [0.1, 0.15) is 5.82 Å². The van der Waals surface area contributed by atoms with Gasteiger partial charge in [0.2, 0.25) is 0 Å². The lowest BCUT2D eigenvalue weighted by atomic mass is 9.77. The number of fused-ring (bicyclic) bond motifs is 1. The molecule has 0 spiro atoms. The number of hydrogen-bond donors (Lipinski definition) is 1. The van der Waals surface area contributed by atoms with Crippen molar-refractivity contribution in [3.63, 3.8) is 0 Å². The Labute approximate surface area is 119 Å². The highest BCUT2D eigenvalue weighted by atomic mass is 19.1. The first-order valence-corrected chi connectivity index (χ1v) is 7.52. The molecule has 1 fully saturated rings. The van der Waals surface area contributed by atoms with Crippen LogP contribution in [0.25, 0.3) is 10.9 Å². The smallest absolute Gasteiger partial charge is 0.123 e. The molecular weight excluding hydrogens is 251 g/mol. The topological polar surface area (TPSA) is 38.9 Å². The summed E-state index contributed by atoms with van der Waals surface area (Å²) in [7, 11) is 0. The van der Waals surface area contributed by atoms with E-state index in [2.05, 4.69) is 11.1 Å². The van der Waals surface area contributed by atoms with Crippen molar-refractivity contribution in [2.45, 2.75) is 38.0 Å². The first-order chi connectivity index (χ1) is 9.78. The van der Waals surface area contributed by atoms with Gasteiger partial charge in [0.05, 0.1) is 5.52 Å². The summed E-state index contributed by atoms with van der Waals surface area (Å²) in [5.41, 5.74) is 7.81. The van der Waals surface area contributed by atoms with Gasteiger partial charge < -0.3 is 5.73 Å². The molecule has 2 nitrogen and oxygen atoms in total. The van der Waals surface area contributed by atoms with Crippen LogP contribution in [0.5, 0.6) is 0 Å². The van der Waals surface area contributed by atoms with Crippen LogP contribution in [0.2, 0.25) is 0 Å². The van der Waals surface area contributed by atoms with Gasteiger partial charge in [0.15, 0.2) is 0 Å². The summed E-state index contributed by atoms with van der Waals surface area (Å²) in [6.45, 7) is 0.790. The summed E-state index contributed by atoms with van der Waals surface area (Å²) < 4.78 is 13.5. The molecule has 0 unspecified atom stereocenters. The number of benzene rings is 1. The Balaban J connectivity index is 1.86. The van der Waals surface area contributed by atoms with E-state index in [1.165, 1.54) is 37.3 Å². The Morgan fingerprint density at radius 3 is 2.70 bits per heavy atom. The number of aromatic nitrogens is 1. The Kier molecular flexibility index (Phi) is 3.97. The lowest BCUT2D eigenvalue weighted by Gasteiger charge is -2.29. The largest absolute Gasteiger partial charge is 0.330 e. The quantitative estimate of drug-likeness (QED) is 0.917. The van der Waals surface area contributed by atoms with Crippen molar-refractivity contribution in [1.82, 2.24) is 4.98 Å². The Morgan fingerprint density at radius 2 is 1.95 bits per heavy atom. The summed E-state index contributed by atoms with van der Waals surface area (Å²) in [6, 6.07) is 6.95. The molecule has 20 heavy (non-hydrogen) atoms. The van der Waals surface area contributed by atoms with E-state index >= 15 is 0 Å². The minimum absolute atomic E-state index is 0.177. The standard InChI is InChI=1S/C17H21FN2/c18-14-5-6-17-16(11-14)15(8-10-20-17)13-3-1-12(2-4-13)7-9-19/h5-6,8,10-13H,1-4,7,9,19H2. The number of halogens is 1. The summed E-state index contributed by atoms with van der Waals surface area (Å²) in [6.07, 6.45) is 7.82. The zero-order valence-electron chi connectivity index (χ0n) is 11.7. The average molecular weight is 272 g/mol. The number of nitrogens with zero attached hydrogens (tertiary/aromatic N) is 1. The summed E-state index contributed by atoms with van der Waals surface area (Å²) >= 11 is 0. The van der Waals surface area contributed by atoms with E-state index in [0.717, 1.165) is 29.8 Å². The van der Waals surface area contributed by atoms with Crippen molar-refractivity contribution < 1.29 is 4.39 Å². The fourth-order valence-corrected chi connectivity index (χ4v) is 3.49. The highest BCUT2D eigenvalue weighted by molar-refractivity contribution is 5.82. The SMILES string of the molecule is NCCC1CCC(c2ccnc3ccc(F)cc23)CC1. The highest BCUT2D eigenvalue weighted by Gasteiger charge is 2.23. The van der Waals surface area contributed by atoms with Crippen LogP contribution in [0.15, 0.2) is 30.5 Å². The van der Waals surface area contributed by atoms with Crippen LogP contribution in [-0.2, 0) is 0 Å². The monoisotopic (exact) mass is 272 g/mol. The molecule has 0 amide bonds. The first kappa shape index (κ1) is 13.5. The molecule has 1 heterocycles. The molecule has 1 aromatic heterocycles. The minimum Gasteiger partial charge on any atom is -0.330 e. The lowest BCUT2D eigenvalue weighted by molar-refractivity contribution is 0.314. The van der Waals surface area contributed by atoms with E-state index in [9.17, 15) is 4.39 Å². The molecule has 1 aliphatic rings. The van der Waals surface area contributed by atoms with Crippen molar-refractivity contribution in [3.8, 4) is 0 Å². The average Bonchev–Trinajstić information content (AvgIpc) is 2.48. The van der Waals surface area contributed by atoms with E-state index in [0.29, 0.717) is 5.92 Å². The normalized spacial score (nSPS) is 23.1. The van der Waals surface area contributed by atoms with Crippen molar-refractivity contribution in [3.05, 3.63) is 41.8 Å². The third kappa shape index (κ3) is 2.68. The zero-order valence-corrected chi connectivity index (χ0v) is 11.7. The van der Waals surface area contributed by atoms with Crippen LogP contribution >= 0.6 is 0 Å². The van der Waals surface area contributed by atoms with Gasteiger partial charge in [-0.3, -0.25) is 4.98 Å². The summed E-state index contributed by atoms with van der Waals surface area (Å²) in [5.74, 6) is 1.14. The van der Waals surface area contributed by atoms with Crippen LogP contribution in [-0.4, -0.2) is 11.5 Å². The lowest BCUT2D eigenvalue weighted by Crippen LogP contribution is -2.16. The highest BCUT2D eigenvalue weighted by Crippen LogP contribution is 2.39. The molecule has 0 saturated heterocycles. The van der Waals surface area contributed by atoms with Gasteiger partial charge in [-0.05, 0) is 80.3 Å². The molecule has 0 aliphatic heterocycles. The van der Waals surface area contributed by atoms with Crippen LogP contribution in [0.3, 0.4) is 0 Å². The van der Waals surface area contributed by atoms with E-state index in [-0.39, 0.29) is 5.82 Å². The molecule has 0 bridgehead atoms. The molecule has 3 heteroatoms. The first-order valence-electron chi connectivity index (χ1n) is 7.52. The number of nitrogens with two attached hydrogens (primary N) is 1. The minimum atomic E-state index is -0.177. The molecule has 1 saturated carbocycles. The number of hydrogen-bond acceptors (Lipinski definition) is 2. The van der Waals surface area contributed by atoms with E-state index in [1.54, 1.807) is 12.1 Å². The fourth-order valence-electron chi connectivity index (χ4n) is 3.49. The van der Waals surface area contributed by atoms with Crippen molar-refractivity contribution in [1.29, 1.82) is 0 Å². The summed E-state index contributed by atoms with van der Waals surface area (Å²) in [4.78, 5) is 4.34. The Morgan fingerprint density at radius 1 is 1.15 bits per heavy atom. The van der Waals surface area contributed by atoms with Gasteiger partial charge in [-0.1, -0.05) is 0 Å². The van der Waals surface area contributed by atoms with Crippen LogP contribution in [0.1, 0.15) is 43.6 Å². The van der Waals surface area contributed by atoms with Gasteiger partial charge in [-0.2, -0.15) is 0 Å². The van der Waals surface area contributed by atoms with Gasteiger partial charge >= 0.3 is 0 Å². The third-order valence-electron chi connectivity index (χ3n) is 4.60. The predicted octanol–water partition coefficient (Wildman–Crippen LogP) is 4.00. The molecule has 3 rings (SSSR count). The Bertz CT molecular complexity index is 589. The van der Waals surface area contributed by atoms with Gasteiger partial charge in [-0.15, -0.1) is 0 Å². The molecule has 106 valence electrons. The molecule has 2 N–H and O–H groups in total.